The highest BCUT2D eigenvalue weighted by Gasteiger charge is 2.11. The second kappa shape index (κ2) is 5.84. The standard InChI is InChI=1S/C14H16N2O2S/c1-3-12-6-11(14(17)18)7-13(16-12)15-9(2)10-4-5-19-8-10/h4-9H,3H2,1-2H3,(H,15,16)(H,17,18). The van der Waals surface area contributed by atoms with Crippen LogP contribution in [0, 0.1) is 0 Å². The molecule has 2 aromatic rings. The fourth-order valence-electron chi connectivity index (χ4n) is 1.79. The van der Waals surface area contributed by atoms with E-state index in [4.69, 9.17) is 5.11 Å². The number of hydrogen-bond donors (Lipinski definition) is 2. The van der Waals surface area contributed by atoms with Crippen LogP contribution < -0.4 is 5.32 Å². The van der Waals surface area contributed by atoms with Crippen LogP contribution in [0.5, 0.6) is 0 Å². The predicted molar refractivity (Wildman–Crippen MR) is 76.9 cm³/mol. The Morgan fingerprint density at radius 2 is 2.32 bits per heavy atom. The van der Waals surface area contributed by atoms with Gasteiger partial charge in [-0.15, -0.1) is 0 Å². The summed E-state index contributed by atoms with van der Waals surface area (Å²) >= 11 is 1.64. The number of aryl methyl sites for hydroxylation is 1. The first-order valence-corrected chi connectivity index (χ1v) is 7.07. The van der Waals surface area contributed by atoms with Crippen LogP contribution in [-0.4, -0.2) is 16.1 Å². The number of aromatic nitrogens is 1. The Morgan fingerprint density at radius 1 is 1.53 bits per heavy atom. The van der Waals surface area contributed by atoms with Gasteiger partial charge in [0.15, 0.2) is 0 Å². The molecule has 0 radical (unpaired) electrons. The minimum Gasteiger partial charge on any atom is -0.478 e. The van der Waals surface area contributed by atoms with Crippen molar-refractivity contribution in [3.8, 4) is 0 Å². The van der Waals surface area contributed by atoms with Gasteiger partial charge in [0.1, 0.15) is 5.82 Å². The average Bonchev–Trinajstić information content (AvgIpc) is 2.92. The molecule has 0 aromatic carbocycles. The van der Waals surface area contributed by atoms with Crippen molar-refractivity contribution in [3.05, 3.63) is 45.8 Å². The van der Waals surface area contributed by atoms with Gasteiger partial charge in [0.05, 0.1) is 11.6 Å². The first kappa shape index (κ1) is 13.5. The van der Waals surface area contributed by atoms with Gasteiger partial charge in [0.2, 0.25) is 0 Å². The number of pyridine rings is 1. The monoisotopic (exact) mass is 276 g/mol. The molecule has 2 rings (SSSR count). The maximum atomic E-state index is 11.1. The topological polar surface area (TPSA) is 62.2 Å². The lowest BCUT2D eigenvalue weighted by atomic mass is 10.1. The molecule has 0 saturated heterocycles. The van der Waals surface area contributed by atoms with Gasteiger partial charge >= 0.3 is 5.97 Å². The van der Waals surface area contributed by atoms with E-state index in [1.165, 1.54) is 5.56 Å². The summed E-state index contributed by atoms with van der Waals surface area (Å²) in [5.41, 5.74) is 2.22. The van der Waals surface area contributed by atoms with Crippen LogP contribution >= 0.6 is 11.3 Å². The zero-order valence-electron chi connectivity index (χ0n) is 10.9. The zero-order chi connectivity index (χ0) is 13.8. The molecule has 2 heterocycles. The van der Waals surface area contributed by atoms with Gasteiger partial charge in [-0.1, -0.05) is 6.92 Å². The van der Waals surface area contributed by atoms with E-state index in [0.29, 0.717) is 12.2 Å². The molecule has 100 valence electrons. The first-order valence-electron chi connectivity index (χ1n) is 6.13. The maximum Gasteiger partial charge on any atom is 0.335 e. The van der Waals surface area contributed by atoms with Gasteiger partial charge in [0.25, 0.3) is 0 Å². The highest BCUT2D eigenvalue weighted by Crippen LogP contribution is 2.21. The van der Waals surface area contributed by atoms with Crippen LogP contribution in [0.25, 0.3) is 0 Å². The summed E-state index contributed by atoms with van der Waals surface area (Å²) in [6.45, 7) is 3.99. The van der Waals surface area contributed by atoms with Crippen LogP contribution in [0.3, 0.4) is 0 Å². The van der Waals surface area contributed by atoms with Gasteiger partial charge in [-0.2, -0.15) is 11.3 Å². The number of hydrogen-bond acceptors (Lipinski definition) is 4. The SMILES string of the molecule is CCc1cc(C(=O)O)cc(NC(C)c2ccsc2)n1. The summed E-state index contributed by atoms with van der Waals surface area (Å²) in [5, 5.41) is 16.4. The third-order valence-electron chi connectivity index (χ3n) is 2.90. The molecule has 0 amide bonds. The Balaban J connectivity index is 2.24. The number of nitrogens with one attached hydrogen (secondary N) is 1. The summed E-state index contributed by atoms with van der Waals surface area (Å²) < 4.78 is 0. The summed E-state index contributed by atoms with van der Waals surface area (Å²) in [5.74, 6) is -0.321. The van der Waals surface area contributed by atoms with Gasteiger partial charge < -0.3 is 10.4 Å². The highest BCUT2D eigenvalue weighted by atomic mass is 32.1. The Bertz CT molecular complexity index is 567. The summed E-state index contributed by atoms with van der Waals surface area (Å²) in [7, 11) is 0. The first-order chi connectivity index (χ1) is 9.10. The smallest absolute Gasteiger partial charge is 0.335 e. The lowest BCUT2D eigenvalue weighted by Crippen LogP contribution is -2.09. The zero-order valence-corrected chi connectivity index (χ0v) is 11.7. The van der Waals surface area contributed by atoms with Crippen molar-refractivity contribution < 1.29 is 9.90 Å². The Morgan fingerprint density at radius 3 is 2.89 bits per heavy atom. The highest BCUT2D eigenvalue weighted by molar-refractivity contribution is 7.07. The average molecular weight is 276 g/mol. The summed E-state index contributed by atoms with van der Waals surface area (Å²) in [6, 6.07) is 5.34. The molecule has 4 nitrogen and oxygen atoms in total. The lowest BCUT2D eigenvalue weighted by molar-refractivity contribution is 0.0696. The Labute approximate surface area is 116 Å². The molecule has 2 aromatic heterocycles. The predicted octanol–water partition coefficient (Wildman–Crippen LogP) is 3.58. The number of thiophene rings is 1. The number of rotatable bonds is 5. The molecule has 0 aliphatic rings. The van der Waals surface area contributed by atoms with E-state index < -0.39 is 5.97 Å². The van der Waals surface area contributed by atoms with Crippen molar-refractivity contribution in [2.45, 2.75) is 26.3 Å². The summed E-state index contributed by atoms with van der Waals surface area (Å²) in [4.78, 5) is 15.5. The Kier molecular flexibility index (Phi) is 4.16. The van der Waals surface area contributed by atoms with Gasteiger partial charge in [0, 0.05) is 5.69 Å². The number of carbonyl (C=O) groups is 1. The molecule has 0 bridgehead atoms. The molecule has 2 N–H and O–H groups in total. The van der Waals surface area contributed by atoms with Crippen LogP contribution in [0.4, 0.5) is 5.82 Å². The lowest BCUT2D eigenvalue weighted by Gasteiger charge is -2.14. The molecule has 0 spiro atoms. The minimum atomic E-state index is -0.927. The molecular formula is C14H16N2O2S. The van der Waals surface area contributed by atoms with Crippen LogP contribution in [-0.2, 0) is 6.42 Å². The van der Waals surface area contributed by atoms with Crippen LogP contribution in [0.15, 0.2) is 29.0 Å². The number of nitrogens with zero attached hydrogens (tertiary/aromatic N) is 1. The second-order valence-electron chi connectivity index (χ2n) is 4.31. The number of carboxylic acids is 1. The van der Waals surface area contributed by atoms with E-state index in [9.17, 15) is 4.79 Å². The molecule has 1 atom stereocenters. The molecule has 0 fully saturated rings. The van der Waals surface area contributed by atoms with Gasteiger partial charge in [-0.3, -0.25) is 0 Å². The third kappa shape index (κ3) is 3.32. The molecule has 0 saturated carbocycles. The molecule has 0 aliphatic heterocycles. The van der Waals surface area contributed by atoms with Crippen molar-refractivity contribution in [3.63, 3.8) is 0 Å². The van der Waals surface area contributed by atoms with Crippen molar-refractivity contribution in [2.75, 3.05) is 5.32 Å². The fourth-order valence-corrected chi connectivity index (χ4v) is 2.55. The molecular weight excluding hydrogens is 260 g/mol. The van der Waals surface area contributed by atoms with Crippen molar-refractivity contribution in [2.24, 2.45) is 0 Å². The Hall–Kier alpha value is -1.88. The number of aromatic carboxylic acids is 1. The number of anilines is 1. The third-order valence-corrected chi connectivity index (χ3v) is 3.60. The second-order valence-corrected chi connectivity index (χ2v) is 5.09. The van der Waals surface area contributed by atoms with Crippen LogP contribution in [0.1, 0.15) is 41.5 Å². The minimum absolute atomic E-state index is 0.104. The van der Waals surface area contributed by atoms with Gasteiger partial charge in [-0.05, 0) is 47.9 Å². The van der Waals surface area contributed by atoms with Gasteiger partial charge in [-0.25, -0.2) is 9.78 Å². The van der Waals surface area contributed by atoms with Crippen molar-refractivity contribution in [1.29, 1.82) is 0 Å². The molecule has 5 heteroatoms. The van der Waals surface area contributed by atoms with E-state index in [-0.39, 0.29) is 11.6 Å². The van der Waals surface area contributed by atoms with E-state index >= 15 is 0 Å². The largest absolute Gasteiger partial charge is 0.478 e. The quantitative estimate of drug-likeness (QED) is 0.876. The molecule has 0 aliphatic carbocycles. The van der Waals surface area contributed by atoms with Crippen molar-refractivity contribution >= 4 is 23.1 Å². The molecule has 1 unspecified atom stereocenters. The van der Waals surface area contributed by atoms with E-state index in [2.05, 4.69) is 15.7 Å². The fraction of sp³-hybridized carbons (Fsp3) is 0.286. The van der Waals surface area contributed by atoms with Crippen LogP contribution in [0.2, 0.25) is 0 Å². The van der Waals surface area contributed by atoms with E-state index in [0.717, 1.165) is 5.69 Å². The van der Waals surface area contributed by atoms with Crippen molar-refractivity contribution in [1.82, 2.24) is 4.98 Å². The molecule has 19 heavy (non-hydrogen) atoms. The van der Waals surface area contributed by atoms with E-state index in [1.807, 2.05) is 25.3 Å². The normalized spacial score (nSPS) is 12.1. The maximum absolute atomic E-state index is 11.1. The summed E-state index contributed by atoms with van der Waals surface area (Å²) in [6.07, 6.45) is 0.711. The number of carboxylic acid groups (broad SMARTS) is 1. The van der Waals surface area contributed by atoms with E-state index in [1.54, 1.807) is 23.5 Å².